The molecule has 144 valence electrons. The molecule has 0 radical (unpaired) electrons. The number of nitrogens with zero attached hydrogens (tertiary/aromatic N) is 2. The maximum absolute atomic E-state index is 12.8. The lowest BCUT2D eigenvalue weighted by Crippen LogP contribution is -2.39. The van der Waals surface area contributed by atoms with Gasteiger partial charge in [-0.15, -0.1) is 0 Å². The maximum Gasteiger partial charge on any atom is 0.243 e. The molecule has 2 saturated heterocycles. The van der Waals surface area contributed by atoms with Crippen LogP contribution < -0.4 is 5.32 Å². The molecule has 2 aliphatic rings. The molecule has 0 spiro atoms. The second-order valence-electron chi connectivity index (χ2n) is 7.52. The van der Waals surface area contributed by atoms with Gasteiger partial charge < -0.3 is 5.32 Å². The summed E-state index contributed by atoms with van der Waals surface area (Å²) in [5.74, 6) is 0.529. The first kappa shape index (κ1) is 19.3. The molecule has 1 atom stereocenters. The van der Waals surface area contributed by atoms with Crippen LogP contribution in [0.2, 0.25) is 0 Å². The van der Waals surface area contributed by atoms with Crippen molar-refractivity contribution < 1.29 is 13.2 Å². The van der Waals surface area contributed by atoms with Crippen molar-refractivity contribution in [3.05, 3.63) is 24.3 Å². The lowest BCUT2D eigenvalue weighted by atomic mass is 10.0. The molecule has 3 rings (SSSR count). The molecule has 1 aromatic carbocycles. The molecule has 2 aliphatic heterocycles. The minimum absolute atomic E-state index is 0.0911. The van der Waals surface area contributed by atoms with Crippen LogP contribution >= 0.6 is 0 Å². The summed E-state index contributed by atoms with van der Waals surface area (Å²) in [5.41, 5.74) is 0.540. The molecular formula is C19H29N3O3S. The lowest BCUT2D eigenvalue weighted by Gasteiger charge is -2.30. The number of benzene rings is 1. The number of hydrogen-bond donors (Lipinski definition) is 1. The molecule has 1 aromatic rings. The van der Waals surface area contributed by atoms with Crippen molar-refractivity contribution in [2.75, 3.05) is 38.0 Å². The van der Waals surface area contributed by atoms with E-state index in [1.54, 1.807) is 28.6 Å². The zero-order valence-electron chi connectivity index (χ0n) is 15.5. The van der Waals surface area contributed by atoms with E-state index in [4.69, 9.17) is 0 Å². The van der Waals surface area contributed by atoms with Crippen LogP contribution in [0.5, 0.6) is 0 Å². The number of hydrogen-bond acceptors (Lipinski definition) is 4. The molecule has 26 heavy (non-hydrogen) atoms. The molecule has 2 fully saturated rings. The van der Waals surface area contributed by atoms with E-state index >= 15 is 0 Å². The molecule has 1 N–H and O–H groups in total. The van der Waals surface area contributed by atoms with Gasteiger partial charge in [-0.1, -0.05) is 19.4 Å². The standard InChI is InChI=1S/C19H29N3O3S/c1-16-7-6-10-21(14-16)15-19(23)20-17-8-5-9-18(13-17)26(24,25)22-11-3-2-4-12-22/h5,8-9,13,16H,2-4,6-7,10-12,14-15H2,1H3,(H,20,23)/t16-/m1/s1. The Morgan fingerprint density at radius 1 is 1.15 bits per heavy atom. The largest absolute Gasteiger partial charge is 0.325 e. The van der Waals surface area contributed by atoms with E-state index in [1.165, 1.54) is 6.42 Å². The molecule has 7 heteroatoms. The number of piperidine rings is 2. The van der Waals surface area contributed by atoms with Gasteiger partial charge in [0.05, 0.1) is 11.4 Å². The first-order valence-corrected chi connectivity index (χ1v) is 11.0. The highest BCUT2D eigenvalue weighted by molar-refractivity contribution is 7.89. The topological polar surface area (TPSA) is 69.7 Å². The van der Waals surface area contributed by atoms with Gasteiger partial charge in [-0.2, -0.15) is 4.31 Å². The smallest absolute Gasteiger partial charge is 0.243 e. The Kier molecular flexibility index (Phi) is 6.32. The third-order valence-electron chi connectivity index (χ3n) is 5.18. The zero-order chi connectivity index (χ0) is 18.6. The van der Waals surface area contributed by atoms with E-state index in [9.17, 15) is 13.2 Å². The summed E-state index contributed by atoms with van der Waals surface area (Å²) in [5, 5.41) is 2.86. The van der Waals surface area contributed by atoms with E-state index in [-0.39, 0.29) is 10.8 Å². The Labute approximate surface area is 156 Å². The minimum Gasteiger partial charge on any atom is -0.325 e. The molecule has 0 unspecified atom stereocenters. The normalized spacial score (nSPS) is 22.9. The summed E-state index contributed by atoms with van der Waals surface area (Å²) < 4.78 is 27.1. The quantitative estimate of drug-likeness (QED) is 0.853. The van der Waals surface area contributed by atoms with Gasteiger partial charge in [-0.25, -0.2) is 8.42 Å². The van der Waals surface area contributed by atoms with E-state index in [2.05, 4.69) is 17.1 Å². The van der Waals surface area contributed by atoms with Gasteiger partial charge >= 0.3 is 0 Å². The predicted octanol–water partition coefficient (Wildman–Crippen LogP) is 2.53. The summed E-state index contributed by atoms with van der Waals surface area (Å²) in [4.78, 5) is 14.8. The number of carbonyl (C=O) groups is 1. The highest BCUT2D eigenvalue weighted by Crippen LogP contribution is 2.23. The molecule has 0 aliphatic carbocycles. The minimum atomic E-state index is -3.48. The zero-order valence-corrected chi connectivity index (χ0v) is 16.3. The van der Waals surface area contributed by atoms with Crippen LogP contribution in [0.3, 0.4) is 0 Å². The molecule has 1 amide bonds. The number of rotatable bonds is 5. The van der Waals surface area contributed by atoms with E-state index in [0.717, 1.165) is 38.8 Å². The number of carbonyl (C=O) groups excluding carboxylic acids is 1. The second-order valence-corrected chi connectivity index (χ2v) is 9.46. The van der Waals surface area contributed by atoms with Gasteiger partial charge in [0.15, 0.2) is 0 Å². The monoisotopic (exact) mass is 379 g/mol. The van der Waals surface area contributed by atoms with Crippen LogP contribution in [-0.4, -0.2) is 56.3 Å². The Hall–Kier alpha value is -1.44. The molecule has 0 aromatic heterocycles. The van der Waals surface area contributed by atoms with Gasteiger partial charge in [0.2, 0.25) is 15.9 Å². The summed E-state index contributed by atoms with van der Waals surface area (Å²) in [6.07, 6.45) is 5.23. The van der Waals surface area contributed by atoms with Crippen LogP contribution in [0, 0.1) is 5.92 Å². The number of anilines is 1. The van der Waals surface area contributed by atoms with Crippen molar-refractivity contribution in [3.8, 4) is 0 Å². The third kappa shape index (κ3) is 4.84. The number of amides is 1. The Morgan fingerprint density at radius 3 is 2.65 bits per heavy atom. The Balaban J connectivity index is 1.64. The predicted molar refractivity (Wildman–Crippen MR) is 103 cm³/mol. The van der Waals surface area contributed by atoms with Crippen LogP contribution in [0.15, 0.2) is 29.2 Å². The van der Waals surface area contributed by atoms with Crippen molar-refractivity contribution in [2.45, 2.75) is 43.9 Å². The number of likely N-dealkylation sites (tertiary alicyclic amines) is 1. The fourth-order valence-corrected chi connectivity index (χ4v) is 5.39. The average molecular weight is 380 g/mol. The van der Waals surface area contributed by atoms with Crippen molar-refractivity contribution >= 4 is 21.6 Å². The molecule has 0 saturated carbocycles. The van der Waals surface area contributed by atoms with Gasteiger partial charge in [0.1, 0.15) is 0 Å². The fraction of sp³-hybridized carbons (Fsp3) is 0.632. The summed E-state index contributed by atoms with van der Waals surface area (Å²) in [6.45, 7) is 5.60. The lowest BCUT2D eigenvalue weighted by molar-refractivity contribution is -0.117. The van der Waals surface area contributed by atoms with Crippen molar-refractivity contribution in [1.82, 2.24) is 9.21 Å². The van der Waals surface area contributed by atoms with Crippen molar-refractivity contribution in [2.24, 2.45) is 5.92 Å². The summed E-state index contributed by atoms with van der Waals surface area (Å²) in [7, 11) is -3.48. The second kappa shape index (κ2) is 8.50. The molecule has 0 bridgehead atoms. The first-order valence-electron chi connectivity index (χ1n) is 9.57. The van der Waals surface area contributed by atoms with Crippen molar-refractivity contribution in [3.63, 3.8) is 0 Å². The summed E-state index contributed by atoms with van der Waals surface area (Å²) in [6, 6.07) is 6.61. The van der Waals surface area contributed by atoms with Crippen LogP contribution in [0.1, 0.15) is 39.0 Å². The van der Waals surface area contributed by atoms with Gasteiger partial charge in [-0.05, 0) is 56.3 Å². The summed E-state index contributed by atoms with van der Waals surface area (Å²) >= 11 is 0. The Morgan fingerprint density at radius 2 is 1.92 bits per heavy atom. The number of sulfonamides is 1. The SMILES string of the molecule is C[C@@H]1CCCN(CC(=O)Nc2cccc(S(=O)(=O)N3CCCCC3)c2)C1. The third-order valence-corrected chi connectivity index (χ3v) is 7.07. The molecule has 6 nitrogen and oxygen atoms in total. The maximum atomic E-state index is 12.8. The Bertz CT molecular complexity index is 729. The van der Waals surface area contributed by atoms with Crippen LogP contribution in [0.4, 0.5) is 5.69 Å². The van der Waals surface area contributed by atoms with Crippen LogP contribution in [-0.2, 0) is 14.8 Å². The highest BCUT2D eigenvalue weighted by Gasteiger charge is 2.26. The van der Waals surface area contributed by atoms with Gasteiger partial charge in [-0.3, -0.25) is 9.69 Å². The van der Waals surface area contributed by atoms with Crippen molar-refractivity contribution in [1.29, 1.82) is 0 Å². The van der Waals surface area contributed by atoms with Crippen LogP contribution in [0.25, 0.3) is 0 Å². The van der Waals surface area contributed by atoms with E-state index < -0.39 is 10.0 Å². The first-order chi connectivity index (χ1) is 12.4. The number of nitrogens with one attached hydrogen (secondary N) is 1. The van der Waals surface area contributed by atoms with Gasteiger partial charge in [0.25, 0.3) is 0 Å². The molecule has 2 heterocycles. The fourth-order valence-electron chi connectivity index (χ4n) is 3.82. The van der Waals surface area contributed by atoms with E-state index in [0.29, 0.717) is 31.2 Å². The average Bonchev–Trinajstić information content (AvgIpc) is 2.62. The van der Waals surface area contributed by atoms with Gasteiger partial charge in [0, 0.05) is 25.3 Å². The molecular weight excluding hydrogens is 350 g/mol. The van der Waals surface area contributed by atoms with E-state index in [1.807, 2.05) is 0 Å². The highest BCUT2D eigenvalue weighted by atomic mass is 32.2.